The molecule has 32 heavy (non-hydrogen) atoms. The standard InChI is InChI=1S/C24H19ClN4O2S/c1-15-6-8-16(9-7-15)14-29-23(26)22(32(30,31)18-12-10-17(25)11-13-18)21-24(29)28-20-5-3-2-4-19(20)27-21/h2-13H,14,26H2,1H3. The summed E-state index contributed by atoms with van der Waals surface area (Å²) < 4.78 is 29.0. The Bertz CT molecular complexity index is 1580. The molecule has 2 N–H and O–H groups in total. The second-order valence-electron chi connectivity index (χ2n) is 7.63. The molecule has 0 saturated heterocycles. The average Bonchev–Trinajstić information content (AvgIpc) is 3.05. The highest BCUT2D eigenvalue weighted by molar-refractivity contribution is 7.92. The second-order valence-corrected chi connectivity index (χ2v) is 9.95. The zero-order valence-corrected chi connectivity index (χ0v) is 18.7. The molecule has 6 nitrogen and oxygen atoms in total. The van der Waals surface area contributed by atoms with Crippen LogP contribution in [0, 0.1) is 6.92 Å². The van der Waals surface area contributed by atoms with E-state index in [1.807, 2.05) is 49.4 Å². The Morgan fingerprint density at radius 1 is 0.906 bits per heavy atom. The quantitative estimate of drug-likeness (QED) is 0.405. The van der Waals surface area contributed by atoms with Crippen molar-refractivity contribution in [3.8, 4) is 0 Å². The summed E-state index contributed by atoms with van der Waals surface area (Å²) in [7, 11) is -3.97. The van der Waals surface area contributed by atoms with Crippen molar-refractivity contribution in [2.45, 2.75) is 23.3 Å². The second kappa shape index (κ2) is 7.62. The van der Waals surface area contributed by atoms with Gasteiger partial charge in [0.1, 0.15) is 16.2 Å². The minimum absolute atomic E-state index is 0.0415. The monoisotopic (exact) mass is 462 g/mol. The van der Waals surface area contributed by atoms with Gasteiger partial charge in [-0.15, -0.1) is 0 Å². The van der Waals surface area contributed by atoms with Crippen LogP contribution in [0.5, 0.6) is 0 Å². The third kappa shape index (κ3) is 3.39. The molecule has 0 aliphatic rings. The number of rotatable bonds is 4. The number of anilines is 1. The van der Waals surface area contributed by atoms with Crippen molar-refractivity contribution in [1.82, 2.24) is 14.5 Å². The van der Waals surface area contributed by atoms with Crippen LogP contribution in [0.4, 0.5) is 5.82 Å². The molecule has 5 rings (SSSR count). The highest BCUT2D eigenvalue weighted by Gasteiger charge is 2.30. The van der Waals surface area contributed by atoms with E-state index < -0.39 is 9.84 Å². The minimum Gasteiger partial charge on any atom is -0.384 e. The molecule has 0 bridgehead atoms. The lowest BCUT2D eigenvalue weighted by Crippen LogP contribution is -2.09. The largest absolute Gasteiger partial charge is 0.384 e. The Hall–Kier alpha value is -3.42. The van der Waals surface area contributed by atoms with Crippen molar-refractivity contribution in [2.75, 3.05) is 5.73 Å². The predicted molar refractivity (Wildman–Crippen MR) is 127 cm³/mol. The average molecular weight is 463 g/mol. The van der Waals surface area contributed by atoms with Crippen molar-refractivity contribution < 1.29 is 8.42 Å². The summed E-state index contributed by atoms with van der Waals surface area (Å²) in [6, 6.07) is 21.3. The number of para-hydroxylation sites is 2. The SMILES string of the molecule is Cc1ccc(Cn2c(N)c(S(=O)(=O)c3ccc(Cl)cc3)c3nc4ccccc4nc32)cc1. The van der Waals surface area contributed by atoms with Gasteiger partial charge in [-0.2, -0.15) is 0 Å². The lowest BCUT2D eigenvalue weighted by atomic mass is 10.1. The van der Waals surface area contributed by atoms with Gasteiger partial charge in [-0.3, -0.25) is 0 Å². The number of nitrogens with two attached hydrogens (primary N) is 1. The minimum atomic E-state index is -3.97. The maximum absolute atomic E-state index is 13.6. The first-order chi connectivity index (χ1) is 15.3. The van der Waals surface area contributed by atoms with Gasteiger partial charge >= 0.3 is 0 Å². The first kappa shape index (κ1) is 20.5. The molecule has 0 spiro atoms. The van der Waals surface area contributed by atoms with Gasteiger partial charge in [-0.05, 0) is 48.9 Å². The van der Waals surface area contributed by atoms with Crippen LogP contribution in [-0.2, 0) is 16.4 Å². The Morgan fingerprint density at radius 2 is 1.53 bits per heavy atom. The summed E-state index contributed by atoms with van der Waals surface area (Å²) in [6.45, 7) is 2.38. The fourth-order valence-corrected chi connectivity index (χ4v) is 5.35. The molecule has 0 amide bonds. The molecule has 2 heterocycles. The van der Waals surface area contributed by atoms with Gasteiger partial charge in [0.2, 0.25) is 9.84 Å². The van der Waals surface area contributed by atoms with E-state index in [1.54, 1.807) is 10.6 Å². The molecule has 160 valence electrons. The molecule has 0 aliphatic heterocycles. The number of fused-ring (bicyclic) bond motifs is 2. The van der Waals surface area contributed by atoms with Crippen LogP contribution in [0.1, 0.15) is 11.1 Å². The molecule has 0 atom stereocenters. The third-order valence-corrected chi connectivity index (χ3v) is 7.48. The molecule has 0 radical (unpaired) electrons. The summed E-state index contributed by atoms with van der Waals surface area (Å²) in [6.07, 6.45) is 0. The topological polar surface area (TPSA) is 90.9 Å². The summed E-state index contributed by atoms with van der Waals surface area (Å²) in [5.74, 6) is 0.103. The number of benzene rings is 3. The van der Waals surface area contributed by atoms with Crippen LogP contribution in [0.15, 0.2) is 82.6 Å². The number of hydrogen-bond acceptors (Lipinski definition) is 5. The maximum Gasteiger partial charge on any atom is 0.212 e. The number of sulfone groups is 1. The zero-order chi connectivity index (χ0) is 22.5. The molecule has 0 saturated carbocycles. The van der Waals surface area contributed by atoms with Gasteiger partial charge in [0, 0.05) is 5.02 Å². The molecule has 0 aliphatic carbocycles. The van der Waals surface area contributed by atoms with Crippen LogP contribution in [-0.4, -0.2) is 23.0 Å². The van der Waals surface area contributed by atoms with E-state index in [0.717, 1.165) is 11.1 Å². The number of aromatic nitrogens is 3. The van der Waals surface area contributed by atoms with E-state index in [-0.39, 0.29) is 21.1 Å². The third-order valence-electron chi connectivity index (χ3n) is 5.40. The van der Waals surface area contributed by atoms with Crippen LogP contribution in [0.2, 0.25) is 5.02 Å². The van der Waals surface area contributed by atoms with Crippen molar-refractivity contribution in [2.24, 2.45) is 0 Å². The molecule has 2 aromatic heterocycles. The van der Waals surface area contributed by atoms with Crippen molar-refractivity contribution in [1.29, 1.82) is 0 Å². The van der Waals surface area contributed by atoms with Gasteiger partial charge < -0.3 is 10.3 Å². The smallest absolute Gasteiger partial charge is 0.212 e. The van der Waals surface area contributed by atoms with Gasteiger partial charge in [0.15, 0.2) is 5.65 Å². The summed E-state index contributed by atoms with van der Waals surface area (Å²) in [5, 5.41) is 0.449. The first-order valence-electron chi connectivity index (χ1n) is 9.95. The number of halogens is 1. The van der Waals surface area contributed by atoms with E-state index in [1.165, 1.54) is 24.3 Å². The van der Waals surface area contributed by atoms with Crippen LogP contribution < -0.4 is 5.73 Å². The van der Waals surface area contributed by atoms with E-state index >= 15 is 0 Å². The summed E-state index contributed by atoms with van der Waals surface area (Å²) in [4.78, 5) is 9.44. The zero-order valence-electron chi connectivity index (χ0n) is 17.2. The predicted octanol–water partition coefficient (Wildman–Crippen LogP) is 5.01. The summed E-state index contributed by atoms with van der Waals surface area (Å²) >= 11 is 5.96. The Labute approximate surface area is 190 Å². The Morgan fingerprint density at radius 3 is 2.19 bits per heavy atom. The van der Waals surface area contributed by atoms with E-state index in [9.17, 15) is 8.42 Å². The van der Waals surface area contributed by atoms with Crippen molar-refractivity contribution >= 4 is 49.5 Å². The van der Waals surface area contributed by atoms with Gasteiger partial charge in [-0.25, -0.2) is 18.4 Å². The van der Waals surface area contributed by atoms with Gasteiger partial charge in [0.05, 0.1) is 22.5 Å². The lowest BCUT2D eigenvalue weighted by molar-refractivity contribution is 0.597. The lowest BCUT2D eigenvalue weighted by Gasteiger charge is -2.09. The fraction of sp³-hybridized carbons (Fsp3) is 0.0833. The van der Waals surface area contributed by atoms with Crippen LogP contribution in [0.25, 0.3) is 22.2 Å². The maximum atomic E-state index is 13.6. The molecule has 0 unspecified atom stereocenters. The highest BCUT2D eigenvalue weighted by atomic mass is 35.5. The highest BCUT2D eigenvalue weighted by Crippen LogP contribution is 2.36. The first-order valence-corrected chi connectivity index (χ1v) is 11.8. The number of hydrogen-bond donors (Lipinski definition) is 1. The molecule has 0 fully saturated rings. The molecular weight excluding hydrogens is 444 g/mol. The molecule has 5 aromatic rings. The van der Waals surface area contributed by atoms with E-state index in [4.69, 9.17) is 22.3 Å². The summed E-state index contributed by atoms with van der Waals surface area (Å²) in [5.41, 5.74) is 10.5. The number of nitrogen functional groups attached to an aromatic ring is 1. The van der Waals surface area contributed by atoms with Gasteiger partial charge in [-0.1, -0.05) is 53.6 Å². The molecule has 8 heteroatoms. The van der Waals surface area contributed by atoms with Crippen molar-refractivity contribution in [3.05, 3.63) is 88.9 Å². The Balaban J connectivity index is 1.80. The van der Waals surface area contributed by atoms with Crippen LogP contribution >= 0.6 is 11.6 Å². The van der Waals surface area contributed by atoms with E-state index in [2.05, 4.69) is 4.98 Å². The molecule has 3 aromatic carbocycles. The van der Waals surface area contributed by atoms with Crippen LogP contribution in [0.3, 0.4) is 0 Å². The normalized spacial score (nSPS) is 11.9. The fourth-order valence-electron chi connectivity index (χ4n) is 3.72. The number of nitrogens with zero attached hydrogens (tertiary/aromatic N) is 3. The van der Waals surface area contributed by atoms with Crippen molar-refractivity contribution in [3.63, 3.8) is 0 Å². The van der Waals surface area contributed by atoms with E-state index in [0.29, 0.717) is 28.2 Å². The van der Waals surface area contributed by atoms with Gasteiger partial charge in [0.25, 0.3) is 0 Å². The Kier molecular flexibility index (Phi) is 4.87. The molecular formula is C24H19ClN4O2S. The number of aryl methyl sites for hydroxylation is 1.